The van der Waals surface area contributed by atoms with Crippen LogP contribution in [0.1, 0.15) is 48.3 Å². The fourth-order valence-corrected chi connectivity index (χ4v) is 7.35. The lowest BCUT2D eigenvalue weighted by Crippen LogP contribution is -2.45. The van der Waals surface area contributed by atoms with Gasteiger partial charge in [0.2, 0.25) is 10.0 Å². The third-order valence-electron chi connectivity index (χ3n) is 8.31. The van der Waals surface area contributed by atoms with Gasteiger partial charge in [0.25, 0.3) is 5.91 Å². The minimum atomic E-state index is -4.27. The molecule has 3 aromatic rings. The highest BCUT2D eigenvalue weighted by Gasteiger charge is 2.41. The van der Waals surface area contributed by atoms with Crippen LogP contribution in [0.25, 0.3) is 0 Å². The molecule has 11 nitrogen and oxygen atoms in total. The van der Waals surface area contributed by atoms with Crippen LogP contribution in [0.2, 0.25) is 0 Å². The molecule has 244 valence electrons. The molecule has 0 saturated carbocycles. The predicted molar refractivity (Wildman–Crippen MR) is 169 cm³/mol. The van der Waals surface area contributed by atoms with Crippen LogP contribution in [0.5, 0.6) is 0 Å². The molecule has 0 atom stereocenters. The van der Waals surface area contributed by atoms with Crippen molar-refractivity contribution in [2.24, 2.45) is 0 Å². The number of fused-ring (bicyclic) bond motifs is 1. The Hall–Kier alpha value is -3.59. The third kappa shape index (κ3) is 7.29. The van der Waals surface area contributed by atoms with Crippen molar-refractivity contribution in [3.63, 3.8) is 0 Å². The molecular formula is C31H41F2N7O4S. The van der Waals surface area contributed by atoms with E-state index in [1.165, 1.54) is 0 Å². The number of sulfonamides is 1. The highest BCUT2D eigenvalue weighted by molar-refractivity contribution is 7.89. The maximum Gasteiger partial charge on any atom is 0.258 e. The number of hydrogen-bond donors (Lipinski definition) is 3. The Morgan fingerprint density at radius 1 is 1.09 bits per heavy atom. The summed E-state index contributed by atoms with van der Waals surface area (Å²) in [4.78, 5) is 17.6. The van der Waals surface area contributed by atoms with E-state index in [-0.39, 0.29) is 24.9 Å². The highest BCUT2D eigenvalue weighted by atomic mass is 32.2. The van der Waals surface area contributed by atoms with E-state index in [2.05, 4.69) is 30.6 Å². The van der Waals surface area contributed by atoms with Gasteiger partial charge in [0.1, 0.15) is 11.6 Å². The van der Waals surface area contributed by atoms with Crippen LogP contribution < -0.4 is 15.5 Å². The van der Waals surface area contributed by atoms with Gasteiger partial charge in [-0.25, -0.2) is 17.2 Å². The van der Waals surface area contributed by atoms with Gasteiger partial charge in [-0.15, -0.1) is 0 Å². The number of aromatic nitrogens is 2. The molecule has 0 aliphatic carbocycles. The summed E-state index contributed by atoms with van der Waals surface area (Å²) < 4.78 is 61.6. The number of hydrogen-bond acceptors (Lipinski definition) is 8. The summed E-state index contributed by atoms with van der Waals surface area (Å²) in [5.74, 6) is -2.19. The molecule has 3 heterocycles. The molecule has 2 aromatic carbocycles. The van der Waals surface area contributed by atoms with Crippen LogP contribution >= 0.6 is 0 Å². The number of carbonyl (C=O) groups is 1. The number of nitrogens with one attached hydrogen (secondary N) is 3. The number of amides is 1. The van der Waals surface area contributed by atoms with Gasteiger partial charge >= 0.3 is 0 Å². The minimum Gasteiger partial charge on any atom is -0.381 e. The monoisotopic (exact) mass is 645 g/mol. The Bertz CT molecular complexity index is 1630. The van der Waals surface area contributed by atoms with E-state index >= 15 is 0 Å². The standard InChI is InChI=1S/C31H41F2N7O4S/c1-31(2)19-40(45(42,43)24-15-20(32)14-21(33)16-24)18-26-28(31)36-37-29(26)35-30(41)25-7-6-23(39(5)11-10-38(3)4)17-27(25)34-22-8-12-44-13-9-22/h6-7,14-17,22,34H,8-13,18-19H2,1-5H3,(H2,35,36,37,41). The molecule has 1 aromatic heterocycles. The average Bonchev–Trinajstić information content (AvgIpc) is 3.39. The number of rotatable bonds is 10. The van der Waals surface area contributed by atoms with Gasteiger partial charge in [0.05, 0.1) is 10.5 Å². The predicted octanol–water partition coefficient (Wildman–Crippen LogP) is 4.01. The van der Waals surface area contributed by atoms with E-state index in [1.54, 1.807) is 6.07 Å². The highest BCUT2D eigenvalue weighted by Crippen LogP contribution is 2.38. The van der Waals surface area contributed by atoms with Crippen molar-refractivity contribution in [3.05, 3.63) is 64.9 Å². The van der Waals surface area contributed by atoms with Gasteiger partial charge in [-0.05, 0) is 57.3 Å². The number of anilines is 3. The second-order valence-electron chi connectivity index (χ2n) is 12.6. The summed E-state index contributed by atoms with van der Waals surface area (Å²) in [5.41, 5.74) is 2.47. The molecule has 2 aliphatic rings. The topological polar surface area (TPSA) is 123 Å². The zero-order valence-corrected chi connectivity index (χ0v) is 27.1. The van der Waals surface area contributed by atoms with Crippen LogP contribution in [-0.2, 0) is 26.7 Å². The van der Waals surface area contributed by atoms with Gasteiger partial charge in [-0.1, -0.05) is 13.8 Å². The first-order chi connectivity index (χ1) is 21.2. The van der Waals surface area contributed by atoms with E-state index in [0.717, 1.165) is 48.1 Å². The first-order valence-electron chi connectivity index (χ1n) is 14.9. The van der Waals surface area contributed by atoms with E-state index in [1.807, 2.05) is 47.1 Å². The lowest BCUT2D eigenvalue weighted by atomic mass is 9.84. The zero-order valence-electron chi connectivity index (χ0n) is 26.3. The fraction of sp³-hybridized carbons (Fsp3) is 0.484. The Labute approximate surface area is 263 Å². The zero-order chi connectivity index (χ0) is 32.5. The van der Waals surface area contributed by atoms with Crippen LogP contribution in [0.15, 0.2) is 41.3 Å². The number of carbonyl (C=O) groups excluding carboxylic acids is 1. The SMILES string of the molecule is CN(C)CCN(C)c1ccc(C(=O)Nc2n[nH]c3c2CN(S(=O)(=O)c2cc(F)cc(F)c2)CC3(C)C)c(NC2CCOCC2)c1. The molecule has 3 N–H and O–H groups in total. The smallest absolute Gasteiger partial charge is 0.258 e. The van der Waals surface area contributed by atoms with Gasteiger partial charge in [-0.2, -0.15) is 9.40 Å². The second-order valence-corrected chi connectivity index (χ2v) is 14.6. The summed E-state index contributed by atoms with van der Waals surface area (Å²) in [6.45, 7) is 6.51. The van der Waals surface area contributed by atoms with Gasteiger partial charge in [0.15, 0.2) is 5.82 Å². The Morgan fingerprint density at radius 3 is 2.44 bits per heavy atom. The second kappa shape index (κ2) is 13.0. The summed E-state index contributed by atoms with van der Waals surface area (Å²) in [7, 11) is 1.77. The van der Waals surface area contributed by atoms with Crippen LogP contribution in [0.4, 0.5) is 26.0 Å². The first-order valence-corrected chi connectivity index (χ1v) is 16.4. The normalized spacial score (nSPS) is 17.2. The van der Waals surface area contributed by atoms with Crippen LogP contribution in [0.3, 0.4) is 0 Å². The van der Waals surface area contributed by atoms with Crippen LogP contribution in [-0.4, -0.2) is 93.8 Å². The molecule has 5 rings (SSSR count). The molecule has 1 saturated heterocycles. The van der Waals surface area contributed by atoms with Crippen molar-refractivity contribution >= 4 is 33.1 Å². The van der Waals surface area contributed by atoms with Gasteiger partial charge in [0, 0.05) is 86.6 Å². The number of nitrogens with zero attached hydrogens (tertiary/aromatic N) is 4. The lowest BCUT2D eigenvalue weighted by molar-refractivity contribution is 0.0904. The summed E-state index contributed by atoms with van der Waals surface area (Å²) in [5, 5.41) is 13.8. The Kier molecular flexibility index (Phi) is 9.49. The summed E-state index contributed by atoms with van der Waals surface area (Å²) in [6.07, 6.45) is 1.62. The number of benzene rings is 2. The molecule has 0 bridgehead atoms. The quantitative estimate of drug-likeness (QED) is 0.303. The molecule has 1 fully saturated rings. The van der Waals surface area contributed by atoms with E-state index in [9.17, 15) is 22.0 Å². The fourth-order valence-electron chi connectivity index (χ4n) is 5.73. The molecule has 2 aliphatic heterocycles. The molecule has 1 amide bonds. The van der Waals surface area contributed by atoms with Crippen molar-refractivity contribution < 1.29 is 26.7 Å². The molecule has 0 unspecified atom stereocenters. The number of H-pyrrole nitrogens is 1. The maximum absolute atomic E-state index is 14.0. The van der Waals surface area contributed by atoms with Crippen LogP contribution in [0, 0.1) is 11.6 Å². The van der Waals surface area contributed by atoms with Crippen molar-refractivity contribution in [1.82, 2.24) is 19.4 Å². The van der Waals surface area contributed by atoms with Crippen molar-refractivity contribution in [1.29, 1.82) is 0 Å². The largest absolute Gasteiger partial charge is 0.381 e. The number of ether oxygens (including phenoxy) is 1. The molecule has 14 heteroatoms. The lowest BCUT2D eigenvalue weighted by Gasteiger charge is -2.36. The van der Waals surface area contributed by atoms with Crippen molar-refractivity contribution in [2.45, 2.75) is 49.6 Å². The molecule has 45 heavy (non-hydrogen) atoms. The number of halogens is 2. The minimum absolute atomic E-state index is 0.0397. The summed E-state index contributed by atoms with van der Waals surface area (Å²) in [6, 6.07) is 8.00. The Balaban J connectivity index is 1.43. The first kappa shape index (κ1) is 32.8. The average molecular weight is 646 g/mol. The Morgan fingerprint density at radius 2 is 1.78 bits per heavy atom. The number of aromatic amines is 1. The third-order valence-corrected chi connectivity index (χ3v) is 10.1. The molecule has 0 radical (unpaired) electrons. The van der Waals surface area contributed by atoms with E-state index < -0.39 is 37.9 Å². The van der Waals surface area contributed by atoms with Crippen molar-refractivity contribution in [2.75, 3.05) is 69.5 Å². The molecular weight excluding hydrogens is 604 g/mol. The summed E-state index contributed by atoms with van der Waals surface area (Å²) >= 11 is 0. The van der Waals surface area contributed by atoms with E-state index in [0.29, 0.717) is 41.8 Å². The van der Waals surface area contributed by atoms with Gasteiger partial charge in [-0.3, -0.25) is 9.89 Å². The maximum atomic E-state index is 14.0. The van der Waals surface area contributed by atoms with Gasteiger partial charge < -0.3 is 25.2 Å². The number of likely N-dealkylation sites (N-methyl/N-ethyl adjacent to an activating group) is 2. The van der Waals surface area contributed by atoms with Crippen molar-refractivity contribution in [3.8, 4) is 0 Å². The van der Waals surface area contributed by atoms with E-state index in [4.69, 9.17) is 4.74 Å². The molecule has 0 spiro atoms.